The molecule has 0 atom stereocenters. The van der Waals surface area contributed by atoms with Gasteiger partial charge in [-0.05, 0) is 51.5 Å². The lowest BCUT2D eigenvalue weighted by Crippen LogP contribution is -2.32. The Morgan fingerprint density at radius 2 is 1.54 bits per heavy atom. The molecule has 0 spiro atoms. The number of carbonyl (C=O) groups is 1. The predicted molar refractivity (Wildman–Crippen MR) is 161 cm³/mol. The van der Waals surface area contributed by atoms with Gasteiger partial charge >= 0.3 is 6.03 Å². The van der Waals surface area contributed by atoms with E-state index in [1.165, 1.54) is 71.1 Å². The highest BCUT2D eigenvalue weighted by atomic mass is 19.1. The number of amides is 2. The van der Waals surface area contributed by atoms with Crippen LogP contribution in [0.25, 0.3) is 5.70 Å². The standard InChI is InChI=1S/C22H26F2N4O2.C5H10.C4H10/c1-5-25-19-13-17(29)12-18(23)20(19)14(2)27-15-6-8-16(9-7-15)28-21(30)26-11-10-22(3,4)24;1-2-4-5-3-1;1-3-4-2/h5-9,12-13,27,29H,2,10-11H2,1,3-4H3,(H2,26,28,30);1-5H2;3-4H2,1-2H3. The Morgan fingerprint density at radius 3 is 2.00 bits per heavy atom. The van der Waals surface area contributed by atoms with Crippen molar-refractivity contribution >= 4 is 35.0 Å². The Balaban J connectivity index is 0.000000717. The zero-order chi connectivity index (χ0) is 29.3. The van der Waals surface area contributed by atoms with E-state index in [-0.39, 0.29) is 35.7 Å². The zero-order valence-electron chi connectivity index (χ0n) is 24.2. The number of nitrogens with one attached hydrogen (secondary N) is 3. The van der Waals surface area contributed by atoms with Crippen LogP contribution in [0, 0.1) is 5.82 Å². The molecule has 0 aromatic heterocycles. The van der Waals surface area contributed by atoms with Gasteiger partial charge in [0.05, 0.1) is 11.3 Å². The number of phenolic OH excluding ortho intramolecular Hbond substituents is 1. The molecule has 1 saturated carbocycles. The first kappa shape index (κ1) is 33.6. The maximum atomic E-state index is 14.4. The van der Waals surface area contributed by atoms with Crippen LogP contribution >= 0.6 is 0 Å². The van der Waals surface area contributed by atoms with E-state index in [0.717, 1.165) is 6.07 Å². The summed E-state index contributed by atoms with van der Waals surface area (Å²) in [6, 6.07) is 8.60. The SMILES string of the molecule is C1CCCC1.C=C(Nc1ccc(NC(=O)NCCC(C)(C)F)cc1)c1c(F)cc(O)cc1N=CC.CCCC. The first-order valence-electron chi connectivity index (χ1n) is 13.8. The van der Waals surface area contributed by atoms with Crippen molar-refractivity contribution in [2.75, 3.05) is 17.2 Å². The highest BCUT2D eigenvalue weighted by Crippen LogP contribution is 2.33. The second-order valence-corrected chi connectivity index (χ2v) is 10.0. The predicted octanol–water partition coefficient (Wildman–Crippen LogP) is 9.35. The minimum atomic E-state index is -1.34. The third kappa shape index (κ3) is 14.3. The molecule has 1 aliphatic carbocycles. The number of anilines is 2. The van der Waals surface area contributed by atoms with Gasteiger partial charge in [0.2, 0.25) is 0 Å². The van der Waals surface area contributed by atoms with Crippen molar-refractivity contribution in [3.05, 3.63) is 54.4 Å². The molecular weight excluding hydrogens is 498 g/mol. The summed E-state index contributed by atoms with van der Waals surface area (Å²) in [5, 5.41) is 17.8. The number of aromatic hydroxyl groups is 1. The zero-order valence-corrected chi connectivity index (χ0v) is 24.2. The molecule has 4 N–H and O–H groups in total. The second-order valence-electron chi connectivity index (χ2n) is 10.0. The summed E-state index contributed by atoms with van der Waals surface area (Å²) in [7, 11) is 0. The molecule has 0 radical (unpaired) electrons. The minimum Gasteiger partial charge on any atom is -0.508 e. The number of halogens is 2. The molecule has 0 heterocycles. The van der Waals surface area contributed by atoms with E-state index in [2.05, 4.69) is 41.4 Å². The van der Waals surface area contributed by atoms with Crippen LogP contribution in [0.15, 0.2) is 48.0 Å². The Bertz CT molecular complexity index is 1030. The number of phenols is 1. The van der Waals surface area contributed by atoms with Gasteiger partial charge in [-0.25, -0.2) is 13.6 Å². The second kappa shape index (κ2) is 18.0. The molecule has 2 aromatic rings. The van der Waals surface area contributed by atoms with E-state index >= 15 is 0 Å². The van der Waals surface area contributed by atoms with Gasteiger partial charge in [-0.2, -0.15) is 0 Å². The summed E-state index contributed by atoms with van der Waals surface area (Å²) < 4.78 is 27.8. The fourth-order valence-electron chi connectivity index (χ4n) is 3.52. The number of hydrogen-bond donors (Lipinski definition) is 4. The average Bonchev–Trinajstić information content (AvgIpc) is 3.45. The summed E-state index contributed by atoms with van der Waals surface area (Å²) in [4.78, 5) is 15.9. The molecule has 1 fully saturated rings. The van der Waals surface area contributed by atoms with Gasteiger partial charge in [0.1, 0.15) is 17.2 Å². The number of carbonyl (C=O) groups excluding carboxylic acids is 1. The van der Waals surface area contributed by atoms with Crippen molar-refractivity contribution in [3.8, 4) is 5.75 Å². The summed E-state index contributed by atoms with van der Waals surface area (Å²) in [5.74, 6) is -0.882. The Hall–Kier alpha value is -3.42. The molecule has 2 amide bonds. The molecule has 8 heteroatoms. The number of benzene rings is 2. The molecule has 0 saturated heterocycles. The van der Waals surface area contributed by atoms with Gasteiger partial charge in [0.15, 0.2) is 0 Å². The molecule has 216 valence electrons. The largest absolute Gasteiger partial charge is 0.508 e. The number of rotatable bonds is 9. The molecule has 0 unspecified atom stereocenters. The maximum Gasteiger partial charge on any atom is 0.319 e. The number of hydrogen-bond acceptors (Lipinski definition) is 4. The van der Waals surface area contributed by atoms with E-state index in [1.54, 1.807) is 31.2 Å². The fraction of sp³-hybridized carbons (Fsp3) is 0.484. The van der Waals surface area contributed by atoms with Crippen molar-refractivity contribution in [1.29, 1.82) is 0 Å². The van der Waals surface area contributed by atoms with E-state index in [0.29, 0.717) is 11.4 Å². The van der Waals surface area contributed by atoms with E-state index in [9.17, 15) is 18.7 Å². The van der Waals surface area contributed by atoms with Gasteiger partial charge in [-0.3, -0.25) is 4.99 Å². The Labute approximate surface area is 233 Å². The van der Waals surface area contributed by atoms with E-state index < -0.39 is 17.5 Å². The van der Waals surface area contributed by atoms with Crippen molar-refractivity contribution in [1.82, 2.24) is 5.32 Å². The van der Waals surface area contributed by atoms with E-state index in [1.807, 2.05) is 0 Å². The van der Waals surface area contributed by atoms with E-state index in [4.69, 9.17) is 0 Å². The Morgan fingerprint density at radius 1 is 1.03 bits per heavy atom. The molecule has 1 aliphatic rings. The maximum absolute atomic E-state index is 14.4. The highest BCUT2D eigenvalue weighted by molar-refractivity contribution is 5.90. The molecule has 6 nitrogen and oxygen atoms in total. The first-order valence-corrected chi connectivity index (χ1v) is 13.8. The van der Waals surface area contributed by atoms with Crippen LogP contribution in [0.1, 0.15) is 91.5 Å². The summed E-state index contributed by atoms with van der Waals surface area (Å²) in [6.45, 7) is 13.0. The number of urea groups is 1. The number of nitrogens with zero attached hydrogens (tertiary/aromatic N) is 1. The number of unbranched alkanes of at least 4 members (excludes halogenated alkanes) is 1. The van der Waals surface area contributed by atoms with Crippen molar-refractivity contribution < 1.29 is 18.7 Å². The number of aliphatic imine (C=N–C) groups is 1. The van der Waals surface area contributed by atoms with Crippen LogP contribution in [0.5, 0.6) is 5.75 Å². The van der Waals surface area contributed by atoms with Crippen molar-refractivity contribution in [2.45, 2.75) is 91.7 Å². The molecule has 3 rings (SSSR count). The van der Waals surface area contributed by atoms with Crippen LogP contribution in [0.2, 0.25) is 0 Å². The van der Waals surface area contributed by atoms with Crippen LogP contribution in [0.3, 0.4) is 0 Å². The van der Waals surface area contributed by atoms with Crippen LogP contribution < -0.4 is 16.0 Å². The van der Waals surface area contributed by atoms with Crippen molar-refractivity contribution in [3.63, 3.8) is 0 Å². The number of alkyl halides is 1. The molecule has 2 aromatic carbocycles. The third-order valence-electron chi connectivity index (χ3n) is 5.82. The van der Waals surface area contributed by atoms with Crippen LogP contribution in [-0.4, -0.2) is 29.6 Å². The third-order valence-corrected chi connectivity index (χ3v) is 5.82. The van der Waals surface area contributed by atoms with Gasteiger partial charge in [0, 0.05) is 42.0 Å². The fourth-order valence-corrected chi connectivity index (χ4v) is 3.52. The lowest BCUT2D eigenvalue weighted by atomic mass is 10.1. The van der Waals surface area contributed by atoms with Crippen LogP contribution in [-0.2, 0) is 0 Å². The monoisotopic (exact) mass is 544 g/mol. The molecular formula is C31H46F2N4O2. The highest BCUT2D eigenvalue weighted by Gasteiger charge is 2.16. The first-order chi connectivity index (χ1) is 18.5. The van der Waals surface area contributed by atoms with Crippen LogP contribution in [0.4, 0.5) is 30.6 Å². The molecule has 0 aliphatic heterocycles. The van der Waals surface area contributed by atoms with Gasteiger partial charge in [-0.15, -0.1) is 0 Å². The summed E-state index contributed by atoms with van der Waals surface area (Å²) in [5.41, 5.74) is 0.462. The summed E-state index contributed by atoms with van der Waals surface area (Å²) in [6.07, 6.45) is 11.8. The van der Waals surface area contributed by atoms with Gasteiger partial charge in [-0.1, -0.05) is 65.4 Å². The Kier molecular flexibility index (Phi) is 15.5. The normalized spacial score (nSPS) is 12.6. The van der Waals surface area contributed by atoms with Gasteiger partial charge in [0.25, 0.3) is 0 Å². The summed E-state index contributed by atoms with van der Waals surface area (Å²) >= 11 is 0. The minimum absolute atomic E-state index is 0.142. The lowest BCUT2D eigenvalue weighted by molar-refractivity contribution is 0.200. The smallest absolute Gasteiger partial charge is 0.319 e. The average molecular weight is 545 g/mol. The lowest BCUT2D eigenvalue weighted by Gasteiger charge is -2.15. The molecule has 39 heavy (non-hydrogen) atoms. The van der Waals surface area contributed by atoms with Gasteiger partial charge < -0.3 is 21.1 Å². The molecule has 0 bridgehead atoms. The quantitative estimate of drug-likeness (QED) is 0.237. The van der Waals surface area contributed by atoms with Crippen molar-refractivity contribution in [2.24, 2.45) is 4.99 Å². The topological polar surface area (TPSA) is 85.8 Å².